The van der Waals surface area contributed by atoms with Crippen molar-refractivity contribution >= 4 is 23.2 Å². The standard InChI is InChI=1S/C14H21Cl2NO2/c1-14(2,3)17-8-11(9-18-4)19-13-6-5-10(15)7-12(13)16/h5-7,11,17H,8-9H2,1-4H3. The van der Waals surface area contributed by atoms with Crippen molar-refractivity contribution < 1.29 is 9.47 Å². The second-order valence-corrected chi connectivity index (χ2v) is 6.24. The van der Waals surface area contributed by atoms with Gasteiger partial charge in [-0.2, -0.15) is 0 Å². The summed E-state index contributed by atoms with van der Waals surface area (Å²) in [6, 6.07) is 5.19. The second kappa shape index (κ2) is 7.34. The minimum Gasteiger partial charge on any atom is -0.485 e. The fourth-order valence-corrected chi connectivity index (χ4v) is 1.94. The van der Waals surface area contributed by atoms with Crippen molar-refractivity contribution in [3.05, 3.63) is 28.2 Å². The third kappa shape index (κ3) is 6.48. The summed E-state index contributed by atoms with van der Waals surface area (Å²) in [7, 11) is 1.65. The molecule has 0 aliphatic carbocycles. The Labute approximate surface area is 125 Å². The maximum absolute atomic E-state index is 6.09. The van der Waals surface area contributed by atoms with Crippen LogP contribution >= 0.6 is 23.2 Å². The minimum absolute atomic E-state index is 0.0269. The lowest BCUT2D eigenvalue weighted by Crippen LogP contribution is -2.44. The molecule has 1 rings (SSSR count). The average molecular weight is 306 g/mol. The van der Waals surface area contributed by atoms with Gasteiger partial charge in [0.25, 0.3) is 0 Å². The van der Waals surface area contributed by atoms with Crippen LogP contribution in [0.15, 0.2) is 18.2 Å². The molecule has 0 radical (unpaired) electrons. The Bertz CT molecular complexity index is 405. The number of nitrogens with one attached hydrogen (secondary N) is 1. The molecule has 1 N–H and O–H groups in total. The van der Waals surface area contributed by atoms with Crippen LogP contribution in [0.3, 0.4) is 0 Å². The number of ether oxygens (including phenoxy) is 2. The van der Waals surface area contributed by atoms with Gasteiger partial charge in [0.15, 0.2) is 0 Å². The van der Waals surface area contributed by atoms with E-state index < -0.39 is 0 Å². The van der Waals surface area contributed by atoms with Crippen LogP contribution in [0.25, 0.3) is 0 Å². The number of methoxy groups -OCH3 is 1. The molecule has 1 atom stereocenters. The molecule has 0 fully saturated rings. The van der Waals surface area contributed by atoms with Gasteiger partial charge in [-0.05, 0) is 39.0 Å². The van der Waals surface area contributed by atoms with Crippen LogP contribution in [0.5, 0.6) is 5.75 Å². The van der Waals surface area contributed by atoms with Gasteiger partial charge >= 0.3 is 0 Å². The highest BCUT2D eigenvalue weighted by atomic mass is 35.5. The van der Waals surface area contributed by atoms with E-state index in [0.717, 1.165) is 0 Å². The fourth-order valence-electron chi connectivity index (χ4n) is 1.49. The summed E-state index contributed by atoms with van der Waals surface area (Å²) in [6.45, 7) is 7.47. The highest BCUT2D eigenvalue weighted by Gasteiger charge is 2.16. The highest BCUT2D eigenvalue weighted by molar-refractivity contribution is 6.35. The van der Waals surface area contributed by atoms with E-state index in [-0.39, 0.29) is 11.6 Å². The molecule has 0 heterocycles. The smallest absolute Gasteiger partial charge is 0.138 e. The third-order valence-electron chi connectivity index (χ3n) is 2.40. The Morgan fingerprint density at radius 1 is 1.26 bits per heavy atom. The molecule has 0 amide bonds. The van der Waals surface area contributed by atoms with Crippen LogP contribution < -0.4 is 10.1 Å². The fraction of sp³-hybridized carbons (Fsp3) is 0.571. The molecule has 0 saturated carbocycles. The first kappa shape index (κ1) is 16.6. The van der Waals surface area contributed by atoms with E-state index in [9.17, 15) is 0 Å². The lowest BCUT2D eigenvalue weighted by atomic mass is 10.1. The van der Waals surface area contributed by atoms with E-state index in [1.807, 2.05) is 0 Å². The molecule has 19 heavy (non-hydrogen) atoms. The zero-order chi connectivity index (χ0) is 14.5. The van der Waals surface area contributed by atoms with E-state index in [1.165, 1.54) is 0 Å². The summed E-state index contributed by atoms with van der Waals surface area (Å²) in [4.78, 5) is 0. The van der Waals surface area contributed by atoms with Crippen molar-refractivity contribution in [3.8, 4) is 5.75 Å². The van der Waals surface area contributed by atoms with Crippen LogP contribution in [-0.4, -0.2) is 31.9 Å². The topological polar surface area (TPSA) is 30.5 Å². The molecule has 1 aromatic rings. The first-order valence-corrected chi connectivity index (χ1v) is 6.93. The van der Waals surface area contributed by atoms with Crippen molar-refractivity contribution in [3.63, 3.8) is 0 Å². The Morgan fingerprint density at radius 2 is 1.95 bits per heavy atom. The Morgan fingerprint density at radius 3 is 2.47 bits per heavy atom. The van der Waals surface area contributed by atoms with Crippen LogP contribution in [0.1, 0.15) is 20.8 Å². The summed E-state index contributed by atoms with van der Waals surface area (Å²) < 4.78 is 11.0. The molecule has 0 spiro atoms. The van der Waals surface area contributed by atoms with Crippen LogP contribution in [-0.2, 0) is 4.74 Å². The third-order valence-corrected chi connectivity index (χ3v) is 2.93. The largest absolute Gasteiger partial charge is 0.485 e. The number of halogens is 2. The van der Waals surface area contributed by atoms with Crippen LogP contribution in [0.4, 0.5) is 0 Å². The van der Waals surface area contributed by atoms with E-state index in [1.54, 1.807) is 25.3 Å². The number of benzene rings is 1. The van der Waals surface area contributed by atoms with Crippen molar-refractivity contribution in [2.24, 2.45) is 0 Å². The molecule has 108 valence electrons. The Kier molecular flexibility index (Phi) is 6.40. The summed E-state index contributed by atoms with van der Waals surface area (Å²) >= 11 is 12.0. The van der Waals surface area contributed by atoms with Gasteiger partial charge in [-0.1, -0.05) is 23.2 Å². The molecule has 3 nitrogen and oxygen atoms in total. The molecule has 0 aromatic heterocycles. The minimum atomic E-state index is -0.108. The van der Waals surface area contributed by atoms with Crippen LogP contribution in [0.2, 0.25) is 10.0 Å². The zero-order valence-corrected chi connectivity index (χ0v) is 13.3. The molecular formula is C14H21Cl2NO2. The predicted octanol–water partition coefficient (Wildman–Crippen LogP) is 3.78. The molecule has 0 aliphatic heterocycles. The van der Waals surface area contributed by atoms with Crippen molar-refractivity contribution in [2.45, 2.75) is 32.4 Å². The predicted molar refractivity (Wildman–Crippen MR) is 80.5 cm³/mol. The highest BCUT2D eigenvalue weighted by Crippen LogP contribution is 2.28. The maximum Gasteiger partial charge on any atom is 0.138 e. The SMILES string of the molecule is COCC(CNC(C)(C)C)Oc1ccc(Cl)cc1Cl. The van der Waals surface area contributed by atoms with Gasteiger partial charge in [-0.15, -0.1) is 0 Å². The van der Waals surface area contributed by atoms with E-state index in [2.05, 4.69) is 26.1 Å². The first-order valence-electron chi connectivity index (χ1n) is 6.17. The molecule has 0 bridgehead atoms. The van der Waals surface area contributed by atoms with Gasteiger partial charge in [-0.3, -0.25) is 0 Å². The van der Waals surface area contributed by atoms with E-state index >= 15 is 0 Å². The zero-order valence-electron chi connectivity index (χ0n) is 11.8. The normalized spacial score (nSPS) is 13.4. The number of hydrogen-bond acceptors (Lipinski definition) is 3. The van der Waals surface area contributed by atoms with E-state index in [4.69, 9.17) is 32.7 Å². The summed E-state index contributed by atoms with van der Waals surface area (Å²) in [5.74, 6) is 0.615. The number of hydrogen-bond donors (Lipinski definition) is 1. The summed E-state index contributed by atoms with van der Waals surface area (Å²) in [6.07, 6.45) is -0.108. The molecule has 1 unspecified atom stereocenters. The van der Waals surface area contributed by atoms with Gasteiger partial charge in [0, 0.05) is 24.2 Å². The monoisotopic (exact) mass is 305 g/mol. The van der Waals surface area contributed by atoms with Crippen molar-refractivity contribution in [2.75, 3.05) is 20.3 Å². The van der Waals surface area contributed by atoms with Gasteiger partial charge in [0.1, 0.15) is 11.9 Å². The van der Waals surface area contributed by atoms with Gasteiger partial charge in [0.05, 0.1) is 11.6 Å². The first-order chi connectivity index (χ1) is 8.81. The lowest BCUT2D eigenvalue weighted by molar-refractivity contribution is 0.0765. The Balaban J connectivity index is 2.67. The molecule has 0 saturated heterocycles. The van der Waals surface area contributed by atoms with Crippen LogP contribution in [0, 0.1) is 0 Å². The molecule has 1 aromatic carbocycles. The maximum atomic E-state index is 6.09. The summed E-state index contributed by atoms with van der Waals surface area (Å²) in [5.41, 5.74) is 0.0269. The van der Waals surface area contributed by atoms with E-state index in [0.29, 0.717) is 28.9 Å². The van der Waals surface area contributed by atoms with Crippen molar-refractivity contribution in [1.82, 2.24) is 5.32 Å². The van der Waals surface area contributed by atoms with Gasteiger partial charge in [0.2, 0.25) is 0 Å². The molecule has 5 heteroatoms. The average Bonchev–Trinajstić information content (AvgIpc) is 2.28. The van der Waals surface area contributed by atoms with Gasteiger partial charge < -0.3 is 14.8 Å². The Hall–Kier alpha value is -0.480. The number of rotatable bonds is 6. The quantitative estimate of drug-likeness (QED) is 0.867. The molecular weight excluding hydrogens is 285 g/mol. The summed E-state index contributed by atoms with van der Waals surface area (Å²) in [5, 5.41) is 4.48. The van der Waals surface area contributed by atoms with Crippen molar-refractivity contribution in [1.29, 1.82) is 0 Å². The van der Waals surface area contributed by atoms with Gasteiger partial charge in [-0.25, -0.2) is 0 Å². The molecule has 0 aliphatic rings. The second-order valence-electron chi connectivity index (χ2n) is 5.40. The lowest BCUT2D eigenvalue weighted by Gasteiger charge is -2.26.